The molecule has 538 valence electrons. The van der Waals surface area contributed by atoms with Crippen LogP contribution in [0.3, 0.4) is 0 Å². The fraction of sp³-hybridized carbons (Fsp3) is 0.160. The summed E-state index contributed by atoms with van der Waals surface area (Å²) in [6, 6.07) is 102. The smallest absolute Gasteiger partial charge is 0.399 e. The Labute approximate surface area is 664 Å². The second kappa shape index (κ2) is 27.3. The molecule has 19 aromatic rings. The molecular weight excluding hydrogens is 1460 g/mol. The highest BCUT2D eigenvalue weighted by molar-refractivity contribution is 9.10. The van der Waals surface area contributed by atoms with Crippen molar-refractivity contribution in [1.29, 1.82) is 0 Å². The number of hydrogen-bond acceptors (Lipinski definition) is 7. The van der Waals surface area contributed by atoms with Crippen molar-refractivity contribution in [3.63, 3.8) is 0 Å². The first kappa shape index (κ1) is 71.8. The molecule has 2 aliphatic rings. The summed E-state index contributed by atoms with van der Waals surface area (Å²) >= 11 is 9.34. The van der Waals surface area contributed by atoms with Crippen LogP contribution in [-0.4, -0.2) is 36.6 Å². The molecule has 21 rings (SSSR count). The fourth-order valence-corrected chi connectivity index (χ4v) is 21.5. The van der Waals surface area contributed by atoms with Crippen LogP contribution in [0.1, 0.15) is 79.5 Å². The van der Waals surface area contributed by atoms with Crippen LogP contribution in [0, 0.1) is 20.8 Å². The molecule has 0 unspecified atom stereocenters. The largest absolute Gasteiger partial charge is 0.496 e. The summed E-state index contributed by atoms with van der Waals surface area (Å²) in [5.41, 5.74) is 14.7. The summed E-state index contributed by atoms with van der Waals surface area (Å²) in [7, 11) is -0.908. The van der Waals surface area contributed by atoms with E-state index >= 15 is 0 Å². The van der Waals surface area contributed by atoms with Gasteiger partial charge in [0.15, 0.2) is 0 Å². The van der Waals surface area contributed by atoms with E-state index in [0.717, 1.165) is 27.1 Å². The van der Waals surface area contributed by atoms with Crippen LogP contribution in [0.5, 0.6) is 0 Å². The van der Waals surface area contributed by atoms with E-state index in [2.05, 4.69) is 371 Å². The number of aryl methyl sites for hydroxylation is 3. The lowest BCUT2D eigenvalue weighted by molar-refractivity contribution is 0.00578. The van der Waals surface area contributed by atoms with Crippen LogP contribution in [0.2, 0.25) is 0 Å². The molecule has 0 amide bonds. The minimum Gasteiger partial charge on any atom is -0.399 e. The maximum Gasteiger partial charge on any atom is 0.496 e. The van der Waals surface area contributed by atoms with Gasteiger partial charge in [-0.15, -0.1) is 34.0 Å². The van der Waals surface area contributed by atoms with Gasteiger partial charge in [-0.2, -0.15) is 0 Å². The van der Waals surface area contributed by atoms with Crippen molar-refractivity contribution in [1.82, 2.24) is 0 Å². The van der Waals surface area contributed by atoms with Gasteiger partial charge in [0.25, 0.3) is 0 Å². The lowest BCUT2D eigenvalue weighted by Gasteiger charge is -2.32. The molecular formula is C100H83B2BrO4S3. The summed E-state index contributed by atoms with van der Waals surface area (Å²) in [6.45, 7) is 23.5. The molecule has 0 saturated carbocycles. The van der Waals surface area contributed by atoms with Crippen LogP contribution in [0.4, 0.5) is 0 Å². The van der Waals surface area contributed by atoms with Gasteiger partial charge in [0.05, 0.1) is 22.4 Å². The van der Waals surface area contributed by atoms with Crippen LogP contribution >= 0.6 is 49.9 Å². The van der Waals surface area contributed by atoms with E-state index in [4.69, 9.17) is 18.6 Å². The molecule has 2 saturated heterocycles. The minimum absolute atomic E-state index is 0. The van der Waals surface area contributed by atoms with E-state index in [0.29, 0.717) is 0 Å². The number of hydrogen-bond donors (Lipinski definition) is 0. The zero-order valence-electron chi connectivity index (χ0n) is 62.9. The predicted octanol–water partition coefficient (Wildman–Crippen LogP) is 28.7. The summed E-state index contributed by atoms with van der Waals surface area (Å²) in [5, 5.41) is 22.7. The molecule has 16 aromatic carbocycles. The number of benzene rings is 16. The average molecular weight is 1550 g/mol. The Hall–Kier alpha value is -9.81. The van der Waals surface area contributed by atoms with Gasteiger partial charge in [-0.3, -0.25) is 0 Å². The maximum atomic E-state index is 6.64. The van der Waals surface area contributed by atoms with Gasteiger partial charge >= 0.3 is 14.2 Å². The van der Waals surface area contributed by atoms with E-state index in [-0.39, 0.29) is 7.43 Å². The molecule has 0 radical (unpaired) electrons. The van der Waals surface area contributed by atoms with Gasteiger partial charge in [0, 0.05) is 76.1 Å². The van der Waals surface area contributed by atoms with Crippen LogP contribution < -0.4 is 10.9 Å². The van der Waals surface area contributed by atoms with Crippen molar-refractivity contribution < 1.29 is 18.6 Å². The lowest BCUT2D eigenvalue weighted by Crippen LogP contribution is -2.41. The summed E-state index contributed by atoms with van der Waals surface area (Å²) < 4.78 is 35.7. The SMILES string of the molecule is C.CC1(C)OB(c2ccc(-c3c4ccccc4c(B4OC(C)(C)C(C)(C)O4)c4ccccc34)c3ccccc23)OC1(C)C.Cc1cccc2c1sc1c(-c3ccc(-c4c5ccccc5c(-c5cccc6c5sc5c(C)cccc56)c5ccccc45)c4ccccc34)cccc12.Cc1cccc2c1sc1c(Br)cccc12. The standard InChI is InChI=1S/C50H32S2.C36H38B2O4.C13H9BrS.CH4/c1-29-13-9-21-40-42-24-11-23-39(49(42)51-47(29)40)33-27-28-38(32-16-4-3-15-31(32)33)45-34-17-5-7-19-36(34)46(37-20-8-6-18-35(37)45)44-26-12-25-43-41-22-10-14-30(2)48(41)52-50(43)44;1-33(2)34(3,4)40-37(39-33)30-22-21-27(23-15-9-10-16-24(23)30)31-25-17-11-13-19-28(25)32(29-20-14-12-18-26(29)31)38-41-35(5,6)36(7,8)42-38;1-8-4-2-5-9-10-6-3-7-11(14)13(10)15-12(8)9;/h3-28H,1-2H3;9-22H,1-8H3;2-7H,1H3;1H4. The van der Waals surface area contributed by atoms with E-state index < -0.39 is 36.6 Å². The Kier molecular flexibility index (Phi) is 17.8. The summed E-state index contributed by atoms with van der Waals surface area (Å²) in [6.07, 6.45) is 0. The number of thiophene rings is 3. The van der Waals surface area contributed by atoms with Gasteiger partial charge in [-0.25, -0.2) is 0 Å². The van der Waals surface area contributed by atoms with E-state index in [1.54, 1.807) is 0 Å². The van der Waals surface area contributed by atoms with Gasteiger partial charge in [-0.05, 0) is 224 Å². The molecule has 3 aromatic heterocycles. The first-order valence-electron chi connectivity index (χ1n) is 37.7. The molecule has 0 atom stereocenters. The fourth-order valence-electron chi connectivity index (χ4n) is 17.1. The number of rotatable bonds is 6. The van der Waals surface area contributed by atoms with Crippen molar-refractivity contribution >= 4 is 200 Å². The monoisotopic (exact) mass is 1540 g/mol. The highest BCUT2D eigenvalue weighted by Crippen LogP contribution is 2.52. The molecule has 110 heavy (non-hydrogen) atoms. The Bertz CT molecular complexity index is 6780. The van der Waals surface area contributed by atoms with Gasteiger partial charge in [0.2, 0.25) is 0 Å². The maximum absolute atomic E-state index is 6.64. The average Bonchev–Trinajstić information content (AvgIpc) is 1.04. The Morgan fingerprint density at radius 2 is 0.509 bits per heavy atom. The third-order valence-corrected chi connectivity index (χ3v) is 29.1. The van der Waals surface area contributed by atoms with E-state index in [1.807, 2.05) is 34.0 Å². The molecule has 10 heteroatoms. The summed E-state index contributed by atoms with van der Waals surface area (Å²) in [5.74, 6) is 0. The highest BCUT2D eigenvalue weighted by atomic mass is 79.9. The normalized spacial score (nSPS) is 15.1. The number of fused-ring (bicyclic) bond motifs is 15. The van der Waals surface area contributed by atoms with Crippen molar-refractivity contribution in [2.24, 2.45) is 0 Å². The molecule has 2 fully saturated rings. The van der Waals surface area contributed by atoms with Crippen molar-refractivity contribution in [2.45, 2.75) is 106 Å². The quantitative estimate of drug-likeness (QED) is 0.123. The molecule has 5 heterocycles. The third kappa shape index (κ3) is 11.5. The Morgan fingerprint density at radius 3 is 0.945 bits per heavy atom. The second-order valence-corrected chi connectivity index (χ2v) is 35.4. The van der Waals surface area contributed by atoms with Crippen molar-refractivity contribution in [3.8, 4) is 44.5 Å². The zero-order valence-corrected chi connectivity index (χ0v) is 67.0. The summed E-state index contributed by atoms with van der Waals surface area (Å²) in [4.78, 5) is 0. The first-order valence-corrected chi connectivity index (χ1v) is 41.0. The molecule has 0 bridgehead atoms. The lowest BCUT2D eigenvalue weighted by atomic mass is 9.70. The molecule has 0 N–H and O–H groups in total. The predicted molar refractivity (Wildman–Crippen MR) is 485 cm³/mol. The molecule has 4 nitrogen and oxygen atoms in total. The van der Waals surface area contributed by atoms with Crippen LogP contribution in [-0.2, 0) is 18.6 Å². The first-order chi connectivity index (χ1) is 52.7. The molecule has 0 aliphatic carbocycles. The topological polar surface area (TPSA) is 36.9 Å². The van der Waals surface area contributed by atoms with Crippen molar-refractivity contribution in [2.75, 3.05) is 0 Å². The van der Waals surface area contributed by atoms with Crippen molar-refractivity contribution in [3.05, 3.63) is 300 Å². The molecule has 0 spiro atoms. The molecule has 2 aliphatic heterocycles. The third-order valence-electron chi connectivity index (χ3n) is 24.0. The second-order valence-electron chi connectivity index (χ2n) is 31.5. The van der Waals surface area contributed by atoms with Gasteiger partial charge < -0.3 is 18.6 Å². The van der Waals surface area contributed by atoms with Gasteiger partial charge in [0.1, 0.15) is 0 Å². The van der Waals surface area contributed by atoms with Crippen LogP contribution in [0.15, 0.2) is 284 Å². The highest BCUT2D eigenvalue weighted by Gasteiger charge is 2.54. The number of halogens is 1. The van der Waals surface area contributed by atoms with Gasteiger partial charge in [-0.1, -0.05) is 280 Å². The van der Waals surface area contributed by atoms with E-state index in [1.165, 1.54) is 175 Å². The Balaban J connectivity index is 0.000000131. The Morgan fingerprint density at radius 1 is 0.236 bits per heavy atom. The van der Waals surface area contributed by atoms with Crippen LogP contribution in [0.25, 0.3) is 170 Å². The van der Waals surface area contributed by atoms with E-state index in [9.17, 15) is 0 Å². The minimum atomic E-state index is -0.471. The zero-order chi connectivity index (χ0) is 74.6.